The molecule has 1 amide bonds. The summed E-state index contributed by atoms with van der Waals surface area (Å²) in [7, 11) is 4.35. The molecule has 1 unspecified atom stereocenters. The number of carbonyl (C=O) groups is 2. The third-order valence-electron chi connectivity index (χ3n) is 3.09. The van der Waals surface area contributed by atoms with Crippen molar-refractivity contribution >= 4 is 11.9 Å². The molecule has 0 spiro atoms. The predicted molar refractivity (Wildman–Crippen MR) is 59.1 cm³/mol. The molecule has 6 heteroatoms. The summed E-state index contributed by atoms with van der Waals surface area (Å²) in [6.45, 7) is 2.39. The monoisotopic (exact) mass is 245 g/mol. The molecule has 1 saturated heterocycles. The van der Waals surface area contributed by atoms with Crippen LogP contribution in [-0.2, 0) is 23.8 Å². The molecule has 1 aliphatic heterocycles. The molecule has 0 aromatic carbocycles. The van der Waals surface area contributed by atoms with Crippen molar-refractivity contribution in [2.75, 3.05) is 34.4 Å². The maximum Gasteiger partial charge on any atom is 0.310 e. The van der Waals surface area contributed by atoms with Crippen LogP contribution >= 0.6 is 0 Å². The number of ether oxygens (including phenoxy) is 3. The summed E-state index contributed by atoms with van der Waals surface area (Å²) in [4.78, 5) is 24.6. The molecule has 0 aromatic rings. The van der Waals surface area contributed by atoms with Crippen molar-refractivity contribution < 1.29 is 23.8 Å². The highest BCUT2D eigenvalue weighted by molar-refractivity contribution is 5.86. The Morgan fingerprint density at radius 3 is 2.47 bits per heavy atom. The van der Waals surface area contributed by atoms with E-state index in [4.69, 9.17) is 9.47 Å². The molecular weight excluding hydrogens is 226 g/mol. The summed E-state index contributed by atoms with van der Waals surface area (Å²) in [6.07, 6.45) is 0.191. The highest BCUT2D eigenvalue weighted by Crippen LogP contribution is 2.22. The van der Waals surface area contributed by atoms with Crippen LogP contribution in [0.25, 0.3) is 0 Å². The Balaban J connectivity index is 2.62. The lowest BCUT2D eigenvalue weighted by atomic mass is 10.1. The van der Waals surface area contributed by atoms with Crippen molar-refractivity contribution in [3.8, 4) is 0 Å². The fraction of sp³-hybridized carbons (Fsp3) is 0.818. The minimum Gasteiger partial charge on any atom is -0.469 e. The summed E-state index contributed by atoms with van der Waals surface area (Å²) in [6, 6.07) is 0. The normalized spacial score (nSPS) is 20.8. The molecule has 1 heterocycles. The average molecular weight is 245 g/mol. The molecular formula is C11H19NO5. The number of hydrogen-bond donors (Lipinski definition) is 0. The van der Waals surface area contributed by atoms with Gasteiger partial charge in [0, 0.05) is 27.2 Å². The number of carbonyl (C=O) groups excluding carboxylic acids is 2. The molecule has 0 aromatic heterocycles. The molecule has 1 aliphatic rings. The van der Waals surface area contributed by atoms with Gasteiger partial charge >= 0.3 is 5.97 Å². The maximum atomic E-state index is 11.7. The lowest BCUT2D eigenvalue weighted by Crippen LogP contribution is -2.44. The second-order valence-electron chi connectivity index (χ2n) is 4.24. The van der Waals surface area contributed by atoms with Crippen LogP contribution in [0.1, 0.15) is 13.3 Å². The zero-order chi connectivity index (χ0) is 13.1. The SMILES string of the molecule is COC(=O)C1CC(=O)N(CC(C)(OC)OC)C1. The van der Waals surface area contributed by atoms with E-state index in [0.29, 0.717) is 13.1 Å². The highest BCUT2D eigenvalue weighted by Gasteiger charge is 2.38. The third kappa shape index (κ3) is 3.17. The van der Waals surface area contributed by atoms with Gasteiger partial charge in [0.2, 0.25) is 5.91 Å². The van der Waals surface area contributed by atoms with Crippen molar-refractivity contribution in [2.24, 2.45) is 5.92 Å². The van der Waals surface area contributed by atoms with Gasteiger partial charge in [0.15, 0.2) is 5.79 Å². The van der Waals surface area contributed by atoms with Crippen LogP contribution in [0.4, 0.5) is 0 Å². The Morgan fingerprint density at radius 1 is 1.41 bits per heavy atom. The van der Waals surface area contributed by atoms with E-state index in [1.165, 1.54) is 21.3 Å². The van der Waals surface area contributed by atoms with Gasteiger partial charge in [-0.05, 0) is 6.92 Å². The topological polar surface area (TPSA) is 65.1 Å². The smallest absolute Gasteiger partial charge is 0.310 e. The quantitative estimate of drug-likeness (QED) is 0.504. The first kappa shape index (κ1) is 13.9. The highest BCUT2D eigenvalue weighted by atomic mass is 16.7. The summed E-state index contributed by atoms with van der Waals surface area (Å²) in [5, 5.41) is 0. The van der Waals surface area contributed by atoms with Crippen LogP contribution in [0.15, 0.2) is 0 Å². The van der Waals surface area contributed by atoms with Crippen molar-refractivity contribution in [2.45, 2.75) is 19.1 Å². The van der Waals surface area contributed by atoms with Crippen molar-refractivity contribution in [3.63, 3.8) is 0 Å². The van der Waals surface area contributed by atoms with E-state index >= 15 is 0 Å². The van der Waals surface area contributed by atoms with Gasteiger partial charge in [0.05, 0.1) is 19.6 Å². The van der Waals surface area contributed by atoms with Gasteiger partial charge in [-0.2, -0.15) is 0 Å². The van der Waals surface area contributed by atoms with Crippen LogP contribution in [0.3, 0.4) is 0 Å². The molecule has 0 saturated carbocycles. The standard InChI is InChI=1S/C11H19NO5/c1-11(16-3,17-4)7-12-6-8(5-9(12)13)10(14)15-2/h8H,5-7H2,1-4H3. The molecule has 1 fully saturated rings. The van der Waals surface area contributed by atoms with E-state index in [1.54, 1.807) is 11.8 Å². The van der Waals surface area contributed by atoms with Crippen LogP contribution in [0, 0.1) is 5.92 Å². The first-order valence-corrected chi connectivity index (χ1v) is 5.41. The van der Waals surface area contributed by atoms with Gasteiger partial charge in [-0.15, -0.1) is 0 Å². The molecule has 0 bridgehead atoms. The van der Waals surface area contributed by atoms with Gasteiger partial charge < -0.3 is 19.1 Å². The fourth-order valence-corrected chi connectivity index (χ4v) is 1.81. The fourth-order valence-electron chi connectivity index (χ4n) is 1.81. The largest absolute Gasteiger partial charge is 0.469 e. The average Bonchev–Trinajstić information content (AvgIpc) is 2.69. The molecule has 17 heavy (non-hydrogen) atoms. The Labute approximate surface area is 101 Å². The zero-order valence-corrected chi connectivity index (χ0v) is 10.7. The maximum absolute atomic E-state index is 11.7. The number of hydrogen-bond acceptors (Lipinski definition) is 5. The molecule has 0 N–H and O–H groups in total. The summed E-state index contributed by atoms with van der Waals surface area (Å²) < 4.78 is 15.0. The summed E-state index contributed by atoms with van der Waals surface area (Å²) in [5.41, 5.74) is 0. The minimum absolute atomic E-state index is 0.0827. The summed E-state index contributed by atoms with van der Waals surface area (Å²) >= 11 is 0. The van der Waals surface area contributed by atoms with Gasteiger partial charge in [0.25, 0.3) is 0 Å². The van der Waals surface area contributed by atoms with Crippen molar-refractivity contribution in [1.29, 1.82) is 0 Å². The predicted octanol–water partition coefficient (Wildman–Crippen LogP) is 0.0169. The lowest BCUT2D eigenvalue weighted by Gasteiger charge is -2.31. The number of rotatable bonds is 5. The number of likely N-dealkylation sites (tertiary alicyclic amines) is 1. The van der Waals surface area contributed by atoms with Crippen LogP contribution in [0.5, 0.6) is 0 Å². The Morgan fingerprint density at radius 2 is 2.00 bits per heavy atom. The van der Waals surface area contributed by atoms with Crippen molar-refractivity contribution in [3.05, 3.63) is 0 Å². The first-order valence-electron chi connectivity index (χ1n) is 5.41. The molecule has 0 aliphatic carbocycles. The Kier molecular flexibility index (Phi) is 4.47. The summed E-state index contributed by atoms with van der Waals surface area (Å²) in [5.74, 6) is -1.66. The van der Waals surface area contributed by atoms with Gasteiger partial charge in [0.1, 0.15) is 0 Å². The molecule has 0 radical (unpaired) electrons. The minimum atomic E-state index is -0.847. The van der Waals surface area contributed by atoms with Gasteiger partial charge in [-0.3, -0.25) is 9.59 Å². The molecule has 98 valence electrons. The second kappa shape index (κ2) is 5.46. The van der Waals surface area contributed by atoms with E-state index in [0.717, 1.165) is 0 Å². The Hall–Kier alpha value is -1.14. The number of nitrogens with zero attached hydrogens (tertiary/aromatic N) is 1. The van der Waals surface area contributed by atoms with E-state index in [2.05, 4.69) is 4.74 Å². The van der Waals surface area contributed by atoms with Crippen LogP contribution < -0.4 is 0 Å². The number of methoxy groups -OCH3 is 3. The Bertz CT molecular complexity index is 300. The second-order valence-corrected chi connectivity index (χ2v) is 4.24. The number of amides is 1. The zero-order valence-electron chi connectivity index (χ0n) is 10.7. The van der Waals surface area contributed by atoms with Crippen molar-refractivity contribution in [1.82, 2.24) is 4.90 Å². The number of esters is 1. The van der Waals surface area contributed by atoms with Gasteiger partial charge in [-0.1, -0.05) is 0 Å². The van der Waals surface area contributed by atoms with E-state index < -0.39 is 5.79 Å². The van der Waals surface area contributed by atoms with E-state index in [9.17, 15) is 9.59 Å². The third-order valence-corrected chi connectivity index (χ3v) is 3.09. The molecule has 1 rings (SSSR count). The molecule has 1 atom stereocenters. The van der Waals surface area contributed by atoms with E-state index in [-0.39, 0.29) is 24.2 Å². The van der Waals surface area contributed by atoms with Crippen LogP contribution in [-0.4, -0.2) is 57.0 Å². The lowest BCUT2D eigenvalue weighted by molar-refractivity contribution is -0.203. The molecule has 6 nitrogen and oxygen atoms in total. The van der Waals surface area contributed by atoms with Gasteiger partial charge in [-0.25, -0.2) is 0 Å². The van der Waals surface area contributed by atoms with E-state index in [1.807, 2.05) is 0 Å². The van der Waals surface area contributed by atoms with Crippen LogP contribution in [0.2, 0.25) is 0 Å². The first-order chi connectivity index (χ1) is 7.95.